The van der Waals surface area contributed by atoms with Crippen molar-refractivity contribution in [3.05, 3.63) is 41.0 Å². The maximum Gasteiger partial charge on any atom is 0.219 e. The van der Waals surface area contributed by atoms with E-state index < -0.39 is 0 Å². The SMILES string of the molecule is Cc1cc(N(C(N)=NC2CCCCC2)c2nnc(C)s2)c2ccccc2n1. The van der Waals surface area contributed by atoms with Crippen molar-refractivity contribution in [1.29, 1.82) is 0 Å². The van der Waals surface area contributed by atoms with Crippen LogP contribution in [0.25, 0.3) is 10.9 Å². The number of hydrogen-bond donors (Lipinski definition) is 1. The molecule has 2 N–H and O–H groups in total. The number of rotatable bonds is 3. The van der Waals surface area contributed by atoms with E-state index in [1.165, 1.54) is 30.6 Å². The van der Waals surface area contributed by atoms with Crippen LogP contribution in [0, 0.1) is 13.8 Å². The lowest BCUT2D eigenvalue weighted by atomic mass is 9.96. The van der Waals surface area contributed by atoms with Gasteiger partial charge in [0.15, 0.2) is 0 Å². The van der Waals surface area contributed by atoms with E-state index in [0.717, 1.165) is 45.3 Å². The summed E-state index contributed by atoms with van der Waals surface area (Å²) in [4.78, 5) is 11.5. The molecule has 1 aliphatic rings. The molecular formula is C20H24N6S. The van der Waals surface area contributed by atoms with Crippen molar-refractivity contribution in [2.75, 3.05) is 4.90 Å². The summed E-state index contributed by atoms with van der Waals surface area (Å²) in [6.45, 7) is 3.94. The van der Waals surface area contributed by atoms with Crippen LogP contribution < -0.4 is 10.6 Å². The molecule has 1 fully saturated rings. The molecule has 0 unspecified atom stereocenters. The van der Waals surface area contributed by atoms with E-state index >= 15 is 0 Å². The van der Waals surface area contributed by atoms with Crippen molar-refractivity contribution in [1.82, 2.24) is 15.2 Å². The van der Waals surface area contributed by atoms with Gasteiger partial charge in [-0.1, -0.05) is 48.8 Å². The number of para-hydroxylation sites is 1. The van der Waals surface area contributed by atoms with Crippen molar-refractivity contribution < 1.29 is 0 Å². The van der Waals surface area contributed by atoms with Crippen LogP contribution in [0.2, 0.25) is 0 Å². The van der Waals surface area contributed by atoms with Crippen LogP contribution in [0.5, 0.6) is 0 Å². The minimum atomic E-state index is 0.282. The zero-order valence-corrected chi connectivity index (χ0v) is 16.5. The van der Waals surface area contributed by atoms with E-state index in [9.17, 15) is 0 Å². The Morgan fingerprint density at radius 3 is 2.67 bits per heavy atom. The molecule has 0 saturated heterocycles. The first-order chi connectivity index (χ1) is 13.1. The average molecular weight is 381 g/mol. The van der Waals surface area contributed by atoms with Crippen LogP contribution >= 0.6 is 11.3 Å². The molecule has 6 nitrogen and oxygen atoms in total. The van der Waals surface area contributed by atoms with Gasteiger partial charge in [0, 0.05) is 11.1 Å². The molecule has 2 aromatic heterocycles. The lowest BCUT2D eigenvalue weighted by Crippen LogP contribution is -2.35. The Labute approximate surface area is 163 Å². The molecule has 3 aromatic rings. The molecule has 7 heteroatoms. The van der Waals surface area contributed by atoms with Crippen molar-refractivity contribution in [3.63, 3.8) is 0 Å². The smallest absolute Gasteiger partial charge is 0.219 e. The number of nitrogens with two attached hydrogens (primary N) is 1. The van der Waals surface area contributed by atoms with Gasteiger partial charge >= 0.3 is 0 Å². The van der Waals surface area contributed by atoms with Crippen LogP contribution in [0.3, 0.4) is 0 Å². The van der Waals surface area contributed by atoms with E-state index in [1.54, 1.807) is 0 Å². The van der Waals surface area contributed by atoms with Crippen LogP contribution in [-0.4, -0.2) is 27.2 Å². The number of benzene rings is 1. The van der Waals surface area contributed by atoms with Crippen LogP contribution in [0.1, 0.15) is 42.8 Å². The van der Waals surface area contributed by atoms with Gasteiger partial charge in [-0.25, -0.2) is 4.99 Å². The van der Waals surface area contributed by atoms with Crippen molar-refractivity contribution in [3.8, 4) is 0 Å². The van der Waals surface area contributed by atoms with Gasteiger partial charge in [0.2, 0.25) is 11.1 Å². The predicted molar refractivity (Wildman–Crippen MR) is 112 cm³/mol. The Hall–Kier alpha value is -2.54. The third kappa shape index (κ3) is 3.78. The number of aliphatic imine (C=N–C) groups is 1. The summed E-state index contributed by atoms with van der Waals surface area (Å²) in [6.07, 6.45) is 5.92. The Kier molecular flexibility index (Phi) is 5.03. The molecule has 1 aliphatic carbocycles. The molecule has 27 heavy (non-hydrogen) atoms. The number of guanidine groups is 1. The second-order valence-electron chi connectivity index (χ2n) is 7.02. The molecule has 0 bridgehead atoms. The molecule has 0 aliphatic heterocycles. The fraction of sp³-hybridized carbons (Fsp3) is 0.400. The molecule has 4 rings (SSSR count). The summed E-state index contributed by atoms with van der Waals surface area (Å²) in [7, 11) is 0. The van der Waals surface area contributed by atoms with Gasteiger partial charge in [-0.15, -0.1) is 10.2 Å². The van der Waals surface area contributed by atoms with Gasteiger partial charge in [-0.3, -0.25) is 9.88 Å². The number of nitrogens with zero attached hydrogens (tertiary/aromatic N) is 5. The lowest BCUT2D eigenvalue weighted by Gasteiger charge is -2.25. The molecule has 0 amide bonds. The minimum absolute atomic E-state index is 0.282. The third-order valence-corrected chi connectivity index (χ3v) is 5.71. The number of anilines is 2. The summed E-state index contributed by atoms with van der Waals surface area (Å²) in [5.74, 6) is 0.480. The Morgan fingerprint density at radius 2 is 1.93 bits per heavy atom. The maximum absolute atomic E-state index is 6.56. The molecule has 1 aromatic carbocycles. The Balaban J connectivity index is 1.85. The second kappa shape index (κ2) is 7.60. The fourth-order valence-corrected chi connectivity index (χ4v) is 4.34. The Bertz CT molecular complexity index is 974. The van der Waals surface area contributed by atoms with Gasteiger partial charge in [-0.05, 0) is 38.8 Å². The summed E-state index contributed by atoms with van der Waals surface area (Å²) in [5.41, 5.74) is 9.37. The zero-order valence-electron chi connectivity index (χ0n) is 15.7. The van der Waals surface area contributed by atoms with Crippen molar-refractivity contribution in [2.24, 2.45) is 10.7 Å². The quantitative estimate of drug-likeness (QED) is 0.535. The van der Waals surface area contributed by atoms with Crippen molar-refractivity contribution in [2.45, 2.75) is 52.0 Å². The van der Waals surface area contributed by atoms with Crippen LogP contribution in [0.4, 0.5) is 10.8 Å². The van der Waals surface area contributed by atoms with E-state index in [1.807, 2.05) is 43.0 Å². The molecular weight excluding hydrogens is 356 g/mol. The highest BCUT2D eigenvalue weighted by molar-refractivity contribution is 7.15. The highest BCUT2D eigenvalue weighted by atomic mass is 32.1. The average Bonchev–Trinajstić information content (AvgIpc) is 3.08. The number of pyridine rings is 1. The number of aryl methyl sites for hydroxylation is 2. The topological polar surface area (TPSA) is 80.3 Å². The predicted octanol–water partition coefficient (Wildman–Crippen LogP) is 4.49. The van der Waals surface area contributed by atoms with E-state index in [4.69, 9.17) is 10.7 Å². The molecule has 0 atom stereocenters. The lowest BCUT2D eigenvalue weighted by molar-refractivity contribution is 0.443. The maximum atomic E-state index is 6.56. The standard InChI is InChI=1S/C20H24N6S/c1-13-12-18(16-10-6-7-11-17(16)22-13)26(20-25-24-14(2)27-20)19(21)23-15-8-4-3-5-9-15/h6-7,10-12,15H,3-5,8-9H2,1-2H3,(H2,21,23). The van der Waals surface area contributed by atoms with Crippen LogP contribution in [0.15, 0.2) is 35.3 Å². The highest BCUT2D eigenvalue weighted by Gasteiger charge is 2.23. The minimum Gasteiger partial charge on any atom is -0.369 e. The second-order valence-corrected chi connectivity index (χ2v) is 8.18. The van der Waals surface area contributed by atoms with E-state index in [-0.39, 0.29) is 6.04 Å². The van der Waals surface area contributed by atoms with Crippen LogP contribution in [-0.2, 0) is 0 Å². The highest BCUT2D eigenvalue weighted by Crippen LogP contribution is 2.34. The molecule has 0 spiro atoms. The van der Waals surface area contributed by atoms with Gasteiger partial charge < -0.3 is 5.73 Å². The molecule has 0 radical (unpaired) electrons. The summed E-state index contributed by atoms with van der Waals surface area (Å²) in [6, 6.07) is 10.4. The third-order valence-electron chi connectivity index (χ3n) is 4.89. The summed E-state index contributed by atoms with van der Waals surface area (Å²) >= 11 is 1.52. The monoisotopic (exact) mass is 380 g/mol. The number of aromatic nitrogens is 3. The largest absolute Gasteiger partial charge is 0.369 e. The zero-order chi connectivity index (χ0) is 18.8. The first-order valence-electron chi connectivity index (χ1n) is 9.42. The first-order valence-corrected chi connectivity index (χ1v) is 10.2. The Morgan fingerprint density at radius 1 is 1.15 bits per heavy atom. The van der Waals surface area contributed by atoms with Gasteiger partial charge in [0.25, 0.3) is 0 Å². The van der Waals surface area contributed by atoms with E-state index in [0.29, 0.717) is 5.96 Å². The molecule has 2 heterocycles. The number of hydrogen-bond acceptors (Lipinski definition) is 5. The van der Waals surface area contributed by atoms with Gasteiger partial charge in [-0.2, -0.15) is 0 Å². The first kappa shape index (κ1) is 17.9. The van der Waals surface area contributed by atoms with E-state index in [2.05, 4.69) is 21.2 Å². The fourth-order valence-electron chi connectivity index (χ4n) is 3.63. The summed E-state index contributed by atoms with van der Waals surface area (Å²) in [5, 5.41) is 11.2. The summed E-state index contributed by atoms with van der Waals surface area (Å²) < 4.78 is 0. The number of fused-ring (bicyclic) bond motifs is 1. The van der Waals surface area contributed by atoms with Crippen molar-refractivity contribution >= 4 is 39.0 Å². The molecule has 140 valence electrons. The normalized spacial score (nSPS) is 16.0. The van der Waals surface area contributed by atoms with Gasteiger partial charge in [0.05, 0.1) is 17.2 Å². The van der Waals surface area contributed by atoms with Gasteiger partial charge in [0.1, 0.15) is 5.01 Å². The molecule has 1 saturated carbocycles.